The smallest absolute Gasteiger partial charge is 0.257 e. The van der Waals surface area contributed by atoms with Gasteiger partial charge in [-0.3, -0.25) is 10.1 Å². The lowest BCUT2D eigenvalue weighted by Gasteiger charge is -2.19. The molecule has 2 aromatic heterocycles. The average Bonchev–Trinajstić information content (AvgIpc) is 3.53. The number of carbonyl (C=O) groups excluding carboxylic acids is 1. The van der Waals surface area contributed by atoms with Crippen molar-refractivity contribution in [2.24, 2.45) is 0 Å². The van der Waals surface area contributed by atoms with E-state index in [1.165, 1.54) is 29.9 Å². The topological polar surface area (TPSA) is 67.3 Å². The van der Waals surface area contributed by atoms with Gasteiger partial charge in [-0.1, -0.05) is 11.3 Å². The predicted molar refractivity (Wildman–Crippen MR) is 133 cm³/mol. The van der Waals surface area contributed by atoms with Crippen LogP contribution in [0.3, 0.4) is 0 Å². The second-order valence-electron chi connectivity index (χ2n) is 7.91. The van der Waals surface area contributed by atoms with E-state index in [9.17, 15) is 4.79 Å². The summed E-state index contributed by atoms with van der Waals surface area (Å²) in [5.41, 5.74) is 5.45. The van der Waals surface area contributed by atoms with Crippen LogP contribution >= 0.6 is 22.7 Å². The van der Waals surface area contributed by atoms with Crippen molar-refractivity contribution in [1.29, 1.82) is 0 Å². The van der Waals surface area contributed by atoms with Gasteiger partial charge in [0.2, 0.25) is 0 Å². The number of ether oxygens (including phenoxy) is 1. The average molecular weight is 465 g/mol. The van der Waals surface area contributed by atoms with Gasteiger partial charge in [0.15, 0.2) is 5.13 Å². The first-order valence-electron chi connectivity index (χ1n) is 10.6. The number of hydrogen-bond donors (Lipinski definition) is 1. The van der Waals surface area contributed by atoms with Crippen LogP contribution in [0.2, 0.25) is 0 Å². The fourth-order valence-corrected chi connectivity index (χ4v) is 5.74. The first-order chi connectivity index (χ1) is 15.5. The number of nitrogens with zero attached hydrogens (tertiary/aromatic N) is 3. The Balaban J connectivity index is 1.45. The lowest BCUT2D eigenvalue weighted by atomic mass is 10.1. The molecule has 164 valence electrons. The first kappa shape index (κ1) is 20.9. The highest BCUT2D eigenvalue weighted by molar-refractivity contribution is 7.23. The molecule has 5 rings (SSSR count). The van der Waals surface area contributed by atoms with Gasteiger partial charge < -0.3 is 9.64 Å². The second-order valence-corrected chi connectivity index (χ2v) is 9.97. The van der Waals surface area contributed by atoms with Gasteiger partial charge in [0.05, 0.1) is 22.5 Å². The molecule has 1 saturated heterocycles. The highest BCUT2D eigenvalue weighted by Gasteiger charge is 2.19. The number of carbonyl (C=O) groups is 1. The minimum absolute atomic E-state index is 0.153. The molecular weight excluding hydrogens is 440 g/mol. The van der Waals surface area contributed by atoms with Gasteiger partial charge in [0.25, 0.3) is 5.91 Å². The number of methoxy groups -OCH3 is 1. The largest absolute Gasteiger partial charge is 0.494 e. The number of nitrogens with one attached hydrogen (secondary N) is 1. The van der Waals surface area contributed by atoms with Crippen LogP contribution in [-0.4, -0.2) is 36.1 Å². The quantitative estimate of drug-likeness (QED) is 0.398. The molecule has 6 nitrogen and oxygen atoms in total. The zero-order valence-electron chi connectivity index (χ0n) is 18.3. The van der Waals surface area contributed by atoms with Crippen molar-refractivity contribution in [3.63, 3.8) is 0 Å². The molecule has 0 radical (unpaired) electrons. The van der Waals surface area contributed by atoms with E-state index in [-0.39, 0.29) is 5.91 Å². The number of rotatable bonds is 5. The minimum atomic E-state index is -0.153. The van der Waals surface area contributed by atoms with Crippen LogP contribution < -0.4 is 15.0 Å². The SMILES string of the molecule is COc1ccc(-c2csc(C)n2)c2sc(NC(=O)c3ccc(N4CCCC4)cc3C)nc12. The molecule has 8 heteroatoms. The second kappa shape index (κ2) is 8.52. The van der Waals surface area contributed by atoms with Crippen LogP contribution in [0, 0.1) is 13.8 Å². The van der Waals surface area contributed by atoms with E-state index in [2.05, 4.69) is 26.3 Å². The number of aryl methyl sites for hydroxylation is 2. The lowest BCUT2D eigenvalue weighted by Crippen LogP contribution is -2.19. The summed E-state index contributed by atoms with van der Waals surface area (Å²) in [6, 6.07) is 9.96. The van der Waals surface area contributed by atoms with Gasteiger partial charge in [-0.25, -0.2) is 9.97 Å². The highest BCUT2D eigenvalue weighted by atomic mass is 32.1. The molecule has 1 fully saturated rings. The van der Waals surface area contributed by atoms with Crippen LogP contribution in [0.1, 0.15) is 33.8 Å². The van der Waals surface area contributed by atoms with Gasteiger partial charge in [-0.15, -0.1) is 11.3 Å². The van der Waals surface area contributed by atoms with E-state index in [1.807, 2.05) is 43.5 Å². The molecule has 32 heavy (non-hydrogen) atoms. The number of thiazole rings is 2. The van der Waals surface area contributed by atoms with Crippen LogP contribution in [-0.2, 0) is 0 Å². The summed E-state index contributed by atoms with van der Waals surface area (Å²) in [5, 5.41) is 6.59. The summed E-state index contributed by atoms with van der Waals surface area (Å²) in [6.07, 6.45) is 2.45. The normalized spacial score (nSPS) is 13.7. The Morgan fingerprint density at radius 3 is 2.62 bits per heavy atom. The predicted octanol–water partition coefficient (Wildman–Crippen LogP) is 5.90. The maximum Gasteiger partial charge on any atom is 0.257 e. The Bertz CT molecular complexity index is 1300. The van der Waals surface area contributed by atoms with Crippen LogP contribution in [0.15, 0.2) is 35.7 Å². The standard InChI is InChI=1S/C24H24N4O2S2/c1-14-12-16(28-10-4-5-11-28)6-7-17(14)23(29)27-24-26-21-20(30-3)9-8-18(22(21)32-24)19-13-31-15(2)25-19/h6-9,12-13H,4-5,10-11H2,1-3H3,(H,26,27,29). The number of fused-ring (bicyclic) bond motifs is 1. The molecule has 3 heterocycles. The monoisotopic (exact) mass is 464 g/mol. The van der Waals surface area contributed by atoms with Crippen LogP contribution in [0.5, 0.6) is 5.75 Å². The molecule has 1 aliphatic heterocycles. The van der Waals surface area contributed by atoms with Crippen molar-refractivity contribution in [1.82, 2.24) is 9.97 Å². The Hall–Kier alpha value is -2.97. The fourth-order valence-electron chi connectivity index (χ4n) is 4.13. The summed E-state index contributed by atoms with van der Waals surface area (Å²) in [4.78, 5) is 24.7. The number of amides is 1. The Kier molecular flexibility index (Phi) is 5.57. The maximum absolute atomic E-state index is 13.1. The first-order valence-corrected chi connectivity index (χ1v) is 12.3. The maximum atomic E-state index is 13.1. The molecule has 0 aliphatic carbocycles. The van der Waals surface area contributed by atoms with Gasteiger partial charge in [0, 0.05) is 35.3 Å². The Morgan fingerprint density at radius 2 is 1.94 bits per heavy atom. The van der Waals surface area contributed by atoms with E-state index in [0.29, 0.717) is 16.4 Å². The number of hydrogen-bond acceptors (Lipinski definition) is 7. The zero-order chi connectivity index (χ0) is 22.2. The third kappa shape index (κ3) is 3.84. The zero-order valence-corrected chi connectivity index (χ0v) is 19.9. The lowest BCUT2D eigenvalue weighted by molar-refractivity contribution is 0.102. The van der Waals surface area contributed by atoms with E-state index in [1.54, 1.807) is 18.4 Å². The highest BCUT2D eigenvalue weighted by Crippen LogP contribution is 2.40. The molecule has 0 bridgehead atoms. The van der Waals surface area contributed by atoms with E-state index in [0.717, 1.165) is 45.1 Å². The summed E-state index contributed by atoms with van der Waals surface area (Å²) in [5.74, 6) is 0.526. The van der Waals surface area contributed by atoms with Gasteiger partial charge in [-0.05, 0) is 62.6 Å². The number of anilines is 2. The van der Waals surface area contributed by atoms with Crippen molar-refractivity contribution in [2.45, 2.75) is 26.7 Å². The molecule has 0 unspecified atom stereocenters. The molecule has 1 N–H and O–H groups in total. The number of aromatic nitrogens is 2. The summed E-state index contributed by atoms with van der Waals surface area (Å²) < 4.78 is 6.47. The van der Waals surface area contributed by atoms with Crippen molar-refractivity contribution in [3.05, 3.63) is 51.8 Å². The van der Waals surface area contributed by atoms with Crippen molar-refractivity contribution in [3.8, 4) is 17.0 Å². The van der Waals surface area contributed by atoms with Crippen LogP contribution in [0.25, 0.3) is 21.5 Å². The fraction of sp³-hybridized carbons (Fsp3) is 0.292. The Morgan fingerprint density at radius 1 is 1.12 bits per heavy atom. The van der Waals surface area contributed by atoms with E-state index < -0.39 is 0 Å². The summed E-state index contributed by atoms with van der Waals surface area (Å²) in [6.45, 7) is 6.14. The summed E-state index contributed by atoms with van der Waals surface area (Å²) in [7, 11) is 1.63. The molecule has 1 aliphatic rings. The minimum Gasteiger partial charge on any atom is -0.494 e. The van der Waals surface area contributed by atoms with E-state index >= 15 is 0 Å². The Labute approximate surface area is 194 Å². The third-order valence-electron chi connectivity index (χ3n) is 5.77. The molecule has 4 aromatic rings. The number of benzene rings is 2. The van der Waals surface area contributed by atoms with Gasteiger partial charge >= 0.3 is 0 Å². The van der Waals surface area contributed by atoms with Crippen molar-refractivity contribution in [2.75, 3.05) is 30.4 Å². The molecular formula is C24H24N4O2S2. The van der Waals surface area contributed by atoms with Gasteiger partial charge in [0.1, 0.15) is 11.3 Å². The molecule has 0 atom stereocenters. The van der Waals surface area contributed by atoms with Crippen LogP contribution in [0.4, 0.5) is 10.8 Å². The van der Waals surface area contributed by atoms with Gasteiger partial charge in [-0.2, -0.15) is 0 Å². The van der Waals surface area contributed by atoms with E-state index in [4.69, 9.17) is 4.74 Å². The molecule has 0 spiro atoms. The molecule has 1 amide bonds. The summed E-state index contributed by atoms with van der Waals surface area (Å²) >= 11 is 3.06. The van der Waals surface area contributed by atoms with Crippen molar-refractivity contribution < 1.29 is 9.53 Å². The molecule has 2 aromatic carbocycles. The molecule has 0 saturated carbocycles. The van der Waals surface area contributed by atoms with Crippen molar-refractivity contribution >= 4 is 49.6 Å². The third-order valence-corrected chi connectivity index (χ3v) is 7.55.